The van der Waals surface area contributed by atoms with Crippen molar-refractivity contribution in [1.82, 2.24) is 0 Å². The highest BCUT2D eigenvalue weighted by Gasteiger charge is 2.31. The van der Waals surface area contributed by atoms with Crippen molar-refractivity contribution in [2.75, 3.05) is 0 Å². The van der Waals surface area contributed by atoms with Gasteiger partial charge in [0.2, 0.25) is 0 Å². The van der Waals surface area contributed by atoms with E-state index in [9.17, 15) is 14.4 Å². The van der Waals surface area contributed by atoms with Crippen molar-refractivity contribution in [2.45, 2.75) is 79.1 Å². The maximum absolute atomic E-state index is 12.1. The summed E-state index contributed by atoms with van der Waals surface area (Å²) in [5, 5.41) is 0. The van der Waals surface area contributed by atoms with Gasteiger partial charge in [0, 0.05) is 0 Å². The average molecular weight is 342 g/mol. The number of carbonyl (C=O) groups excluding carboxylic acids is 3. The number of carbonyl (C=O) groups is 3. The molecule has 1 rings (SSSR count). The highest BCUT2D eigenvalue weighted by molar-refractivity contribution is 5.75. The quantitative estimate of drug-likeness (QED) is 0.580. The van der Waals surface area contributed by atoms with E-state index in [-0.39, 0.29) is 37.0 Å². The lowest BCUT2D eigenvalue weighted by Crippen LogP contribution is -2.36. The van der Waals surface area contributed by atoms with Crippen molar-refractivity contribution in [3.05, 3.63) is 0 Å². The number of rotatable bonds is 3. The fourth-order valence-corrected chi connectivity index (χ4v) is 2.38. The van der Waals surface area contributed by atoms with E-state index < -0.39 is 36.2 Å². The normalized spacial score (nSPS) is 27.4. The van der Waals surface area contributed by atoms with E-state index >= 15 is 0 Å². The summed E-state index contributed by atoms with van der Waals surface area (Å²) in [6.07, 6.45) is -1.64. The molecule has 0 amide bonds. The second-order valence-electron chi connectivity index (χ2n) is 7.43. The fourth-order valence-electron chi connectivity index (χ4n) is 2.38. The highest BCUT2D eigenvalue weighted by Crippen LogP contribution is 2.21. The maximum atomic E-state index is 12.1. The van der Waals surface area contributed by atoms with Crippen LogP contribution in [0.3, 0.4) is 0 Å². The molecule has 1 aliphatic heterocycles. The van der Waals surface area contributed by atoms with Crippen LogP contribution in [0.25, 0.3) is 0 Å². The van der Waals surface area contributed by atoms with E-state index in [0.29, 0.717) is 0 Å². The van der Waals surface area contributed by atoms with Crippen molar-refractivity contribution in [2.24, 2.45) is 17.8 Å². The molecule has 0 N–H and O–H groups in total. The summed E-state index contributed by atoms with van der Waals surface area (Å²) in [7, 11) is 0. The van der Waals surface area contributed by atoms with Crippen molar-refractivity contribution in [3.8, 4) is 0 Å². The molecule has 3 atom stereocenters. The lowest BCUT2D eigenvalue weighted by atomic mass is 10.0. The van der Waals surface area contributed by atoms with Crippen LogP contribution in [0.4, 0.5) is 0 Å². The van der Waals surface area contributed by atoms with Gasteiger partial charge >= 0.3 is 17.9 Å². The summed E-state index contributed by atoms with van der Waals surface area (Å²) in [6, 6.07) is 0. The summed E-state index contributed by atoms with van der Waals surface area (Å²) in [5.41, 5.74) is 0. The van der Waals surface area contributed by atoms with Gasteiger partial charge in [-0.3, -0.25) is 14.4 Å². The zero-order chi connectivity index (χ0) is 18.4. The van der Waals surface area contributed by atoms with Gasteiger partial charge in [0.25, 0.3) is 0 Å². The molecule has 0 radical (unpaired) electrons. The van der Waals surface area contributed by atoms with Crippen LogP contribution >= 0.6 is 0 Å². The molecule has 0 aromatic heterocycles. The number of hydrogen-bond acceptors (Lipinski definition) is 6. The van der Waals surface area contributed by atoms with Gasteiger partial charge in [0.15, 0.2) is 0 Å². The third kappa shape index (κ3) is 6.49. The Balaban J connectivity index is 3.01. The average Bonchev–Trinajstić information content (AvgIpc) is 2.43. The molecule has 1 fully saturated rings. The Labute approximate surface area is 144 Å². The Morgan fingerprint density at radius 3 is 0.958 bits per heavy atom. The van der Waals surface area contributed by atoms with Crippen LogP contribution in [0.15, 0.2) is 0 Å². The molecule has 3 unspecified atom stereocenters. The number of cyclic esters (lactones) is 3. The summed E-state index contributed by atoms with van der Waals surface area (Å²) < 4.78 is 16.3. The lowest BCUT2D eigenvalue weighted by Gasteiger charge is -2.28. The predicted molar refractivity (Wildman–Crippen MR) is 88.0 cm³/mol. The fraction of sp³-hybridized carbons (Fsp3) is 0.833. The molecule has 0 saturated carbocycles. The van der Waals surface area contributed by atoms with Crippen LogP contribution in [0.2, 0.25) is 0 Å². The van der Waals surface area contributed by atoms with Gasteiger partial charge in [-0.15, -0.1) is 0 Å². The summed E-state index contributed by atoms with van der Waals surface area (Å²) in [5.74, 6) is -1.43. The minimum atomic E-state index is -0.541. The molecule has 0 aromatic rings. The highest BCUT2D eigenvalue weighted by atomic mass is 16.6. The van der Waals surface area contributed by atoms with E-state index in [4.69, 9.17) is 14.2 Å². The molecule has 1 saturated heterocycles. The SMILES string of the molecule is CC(C)C1CC(=O)OC(C(C)C)CC(=O)OC(C(C)C)CC(=O)O1. The molecule has 0 aromatic carbocycles. The van der Waals surface area contributed by atoms with E-state index in [0.717, 1.165) is 0 Å². The zero-order valence-corrected chi connectivity index (χ0v) is 15.5. The standard InChI is InChI=1S/C18H30O6/c1-10(2)13-7-16(19)23-15(12(5)6)9-18(21)24-14(11(3)4)8-17(20)22-13/h10-15H,7-9H2,1-6H3. The van der Waals surface area contributed by atoms with Crippen molar-refractivity contribution >= 4 is 17.9 Å². The van der Waals surface area contributed by atoms with Crippen molar-refractivity contribution in [3.63, 3.8) is 0 Å². The molecule has 0 spiro atoms. The first-order valence-corrected chi connectivity index (χ1v) is 8.68. The Kier molecular flexibility index (Phi) is 7.70. The Bertz CT molecular complexity index is 364. The molecule has 24 heavy (non-hydrogen) atoms. The summed E-state index contributed by atoms with van der Waals surface area (Å²) in [4.78, 5) is 36.4. The first kappa shape index (κ1) is 20.5. The zero-order valence-electron chi connectivity index (χ0n) is 15.5. The number of hydrogen-bond donors (Lipinski definition) is 0. The second-order valence-corrected chi connectivity index (χ2v) is 7.43. The van der Waals surface area contributed by atoms with Crippen LogP contribution in [0.1, 0.15) is 60.8 Å². The van der Waals surface area contributed by atoms with E-state index in [1.54, 1.807) is 0 Å². The molecular formula is C18H30O6. The molecule has 138 valence electrons. The molecule has 6 heteroatoms. The van der Waals surface area contributed by atoms with Crippen LogP contribution < -0.4 is 0 Å². The predicted octanol–water partition coefficient (Wildman–Crippen LogP) is 2.87. The molecular weight excluding hydrogens is 312 g/mol. The van der Waals surface area contributed by atoms with E-state index in [2.05, 4.69) is 0 Å². The molecule has 6 nitrogen and oxygen atoms in total. The van der Waals surface area contributed by atoms with Crippen molar-refractivity contribution in [1.29, 1.82) is 0 Å². The molecule has 0 aliphatic carbocycles. The van der Waals surface area contributed by atoms with E-state index in [1.165, 1.54) is 0 Å². The van der Waals surface area contributed by atoms with E-state index in [1.807, 2.05) is 41.5 Å². The molecule has 1 heterocycles. The monoisotopic (exact) mass is 342 g/mol. The van der Waals surface area contributed by atoms with Crippen molar-refractivity contribution < 1.29 is 28.6 Å². The van der Waals surface area contributed by atoms with Crippen LogP contribution in [0.5, 0.6) is 0 Å². The van der Waals surface area contributed by atoms with Gasteiger partial charge in [0.05, 0.1) is 19.3 Å². The van der Waals surface area contributed by atoms with Gasteiger partial charge in [0.1, 0.15) is 18.3 Å². The first-order valence-electron chi connectivity index (χ1n) is 8.68. The van der Waals surface area contributed by atoms with Gasteiger partial charge < -0.3 is 14.2 Å². The minimum Gasteiger partial charge on any atom is -0.461 e. The third-order valence-corrected chi connectivity index (χ3v) is 4.18. The second kappa shape index (κ2) is 9.04. The Morgan fingerprint density at radius 2 is 0.792 bits per heavy atom. The van der Waals surface area contributed by atoms with Gasteiger partial charge in [-0.05, 0) is 17.8 Å². The maximum Gasteiger partial charge on any atom is 0.309 e. The Hall–Kier alpha value is -1.59. The van der Waals surface area contributed by atoms with Gasteiger partial charge in [-0.25, -0.2) is 0 Å². The van der Waals surface area contributed by atoms with Gasteiger partial charge in [-0.2, -0.15) is 0 Å². The first-order chi connectivity index (χ1) is 11.1. The third-order valence-electron chi connectivity index (χ3n) is 4.18. The van der Waals surface area contributed by atoms with Crippen LogP contribution in [0, 0.1) is 17.8 Å². The molecule has 0 bridgehead atoms. The molecule has 1 aliphatic rings. The number of esters is 3. The minimum absolute atomic E-state index is 0.00593. The topological polar surface area (TPSA) is 78.9 Å². The number of ether oxygens (including phenoxy) is 3. The summed E-state index contributed by atoms with van der Waals surface area (Å²) >= 11 is 0. The smallest absolute Gasteiger partial charge is 0.309 e. The van der Waals surface area contributed by atoms with Crippen LogP contribution in [-0.2, 0) is 28.6 Å². The Morgan fingerprint density at radius 1 is 0.583 bits per heavy atom. The van der Waals surface area contributed by atoms with Gasteiger partial charge in [-0.1, -0.05) is 41.5 Å². The largest absolute Gasteiger partial charge is 0.461 e. The summed E-state index contributed by atoms with van der Waals surface area (Å²) in [6.45, 7) is 11.3. The lowest BCUT2D eigenvalue weighted by molar-refractivity contribution is -0.171. The van der Waals surface area contributed by atoms with Crippen LogP contribution in [-0.4, -0.2) is 36.2 Å².